The quantitative estimate of drug-likeness (QED) is 0.500. The summed E-state index contributed by atoms with van der Waals surface area (Å²) in [6.07, 6.45) is 0. The molecule has 26 heavy (non-hydrogen) atoms. The van der Waals surface area contributed by atoms with E-state index in [1.807, 2.05) is 60.7 Å². The summed E-state index contributed by atoms with van der Waals surface area (Å²) in [7, 11) is 0. The Morgan fingerprint density at radius 2 is 1.81 bits per heavy atom. The summed E-state index contributed by atoms with van der Waals surface area (Å²) in [6, 6.07) is 19.0. The number of rotatable bonds is 6. The summed E-state index contributed by atoms with van der Waals surface area (Å²) in [5.74, 6) is 1.44. The summed E-state index contributed by atoms with van der Waals surface area (Å²) in [6.45, 7) is 0.138. The molecule has 0 unspecified atom stereocenters. The predicted octanol–water partition coefficient (Wildman–Crippen LogP) is 4.46. The van der Waals surface area contributed by atoms with Gasteiger partial charge in [-0.3, -0.25) is 0 Å². The molecule has 0 saturated heterocycles. The number of hydrogen-bond acceptors (Lipinski definition) is 6. The molecule has 2 N–H and O–H groups in total. The standard InChI is InChI=1S/C19H15ClN4OS/c20-16-9-5-4-6-13(16)12-26-19-23-17(15(10-21)18(22)24-19)11-25-14-7-2-1-3-8-14/h1-9H,11-12H2,(H2,22,23,24). The van der Waals surface area contributed by atoms with Crippen molar-refractivity contribution in [3.05, 3.63) is 76.4 Å². The van der Waals surface area contributed by atoms with Crippen molar-refractivity contribution in [2.24, 2.45) is 0 Å². The summed E-state index contributed by atoms with van der Waals surface area (Å²) in [5.41, 5.74) is 7.61. The van der Waals surface area contributed by atoms with E-state index in [1.54, 1.807) is 0 Å². The Labute approximate surface area is 160 Å². The van der Waals surface area contributed by atoms with Crippen molar-refractivity contribution in [1.82, 2.24) is 9.97 Å². The Kier molecular flexibility index (Phi) is 5.95. The minimum Gasteiger partial charge on any atom is -0.487 e. The van der Waals surface area contributed by atoms with Crippen molar-refractivity contribution >= 4 is 29.2 Å². The minimum atomic E-state index is 0.138. The maximum absolute atomic E-state index is 9.34. The second kappa shape index (κ2) is 8.56. The summed E-state index contributed by atoms with van der Waals surface area (Å²) in [5, 5.41) is 10.5. The molecule has 0 saturated carbocycles. The van der Waals surface area contributed by atoms with Crippen LogP contribution in [0.15, 0.2) is 59.8 Å². The number of ether oxygens (including phenoxy) is 1. The first-order valence-corrected chi connectivity index (χ1v) is 9.14. The number of hydrogen-bond donors (Lipinski definition) is 1. The second-order valence-corrected chi connectivity index (χ2v) is 6.66. The number of aromatic nitrogens is 2. The van der Waals surface area contributed by atoms with Crippen LogP contribution < -0.4 is 10.5 Å². The molecule has 0 bridgehead atoms. The lowest BCUT2D eigenvalue weighted by Gasteiger charge is -2.10. The third-order valence-corrected chi connectivity index (χ3v) is 4.80. The van der Waals surface area contributed by atoms with Crippen LogP contribution in [0.4, 0.5) is 5.82 Å². The summed E-state index contributed by atoms with van der Waals surface area (Å²) < 4.78 is 5.70. The van der Waals surface area contributed by atoms with E-state index in [9.17, 15) is 5.26 Å². The van der Waals surface area contributed by atoms with Gasteiger partial charge in [-0.2, -0.15) is 5.26 Å². The lowest BCUT2D eigenvalue weighted by atomic mass is 10.2. The largest absolute Gasteiger partial charge is 0.487 e. The Balaban J connectivity index is 1.78. The maximum atomic E-state index is 9.34. The summed E-state index contributed by atoms with van der Waals surface area (Å²) in [4.78, 5) is 8.66. The number of halogens is 1. The van der Waals surface area contributed by atoms with Crippen LogP contribution in [0.2, 0.25) is 5.02 Å². The Hall–Kier alpha value is -2.75. The highest BCUT2D eigenvalue weighted by molar-refractivity contribution is 7.98. The van der Waals surface area contributed by atoms with Gasteiger partial charge in [-0.1, -0.05) is 59.8 Å². The van der Waals surface area contributed by atoms with Gasteiger partial charge in [-0.15, -0.1) is 0 Å². The first-order chi connectivity index (χ1) is 12.7. The zero-order valence-electron chi connectivity index (χ0n) is 13.7. The number of anilines is 1. The van der Waals surface area contributed by atoms with Crippen molar-refractivity contribution in [3.8, 4) is 11.8 Å². The fourth-order valence-corrected chi connectivity index (χ4v) is 3.38. The second-order valence-electron chi connectivity index (χ2n) is 5.31. The van der Waals surface area contributed by atoms with Crippen LogP contribution in [-0.2, 0) is 12.4 Å². The molecule has 5 nitrogen and oxygen atoms in total. The molecule has 0 aliphatic rings. The normalized spacial score (nSPS) is 10.3. The van der Waals surface area contributed by atoms with Gasteiger partial charge in [0.05, 0.1) is 0 Å². The van der Waals surface area contributed by atoms with Crippen molar-refractivity contribution in [2.75, 3.05) is 5.73 Å². The molecular weight excluding hydrogens is 368 g/mol. The highest BCUT2D eigenvalue weighted by atomic mass is 35.5. The van der Waals surface area contributed by atoms with E-state index in [2.05, 4.69) is 9.97 Å². The number of nitrogen functional groups attached to an aromatic ring is 1. The highest BCUT2D eigenvalue weighted by Gasteiger charge is 2.14. The molecule has 1 heterocycles. The number of nitrogens with zero attached hydrogens (tertiary/aromatic N) is 3. The molecule has 3 aromatic rings. The van der Waals surface area contributed by atoms with Crippen LogP contribution >= 0.6 is 23.4 Å². The van der Waals surface area contributed by atoms with Gasteiger partial charge in [0.25, 0.3) is 0 Å². The van der Waals surface area contributed by atoms with Crippen molar-refractivity contribution in [1.29, 1.82) is 5.26 Å². The highest BCUT2D eigenvalue weighted by Crippen LogP contribution is 2.26. The van der Waals surface area contributed by atoms with Gasteiger partial charge >= 0.3 is 0 Å². The number of nitriles is 1. The van der Waals surface area contributed by atoms with Crippen molar-refractivity contribution in [3.63, 3.8) is 0 Å². The van der Waals surface area contributed by atoms with Gasteiger partial charge in [-0.25, -0.2) is 9.97 Å². The molecule has 0 atom stereocenters. The average molecular weight is 383 g/mol. The molecule has 0 radical (unpaired) electrons. The van der Waals surface area contributed by atoms with Crippen LogP contribution in [-0.4, -0.2) is 9.97 Å². The number of thioether (sulfide) groups is 1. The van der Waals surface area contributed by atoms with Gasteiger partial charge in [0.15, 0.2) is 5.16 Å². The van der Waals surface area contributed by atoms with Gasteiger partial charge in [-0.05, 0) is 23.8 Å². The van der Waals surface area contributed by atoms with Crippen molar-refractivity contribution < 1.29 is 4.74 Å². The Morgan fingerprint density at radius 1 is 1.08 bits per heavy atom. The minimum absolute atomic E-state index is 0.138. The van der Waals surface area contributed by atoms with Crippen LogP contribution in [0, 0.1) is 11.3 Å². The molecule has 7 heteroatoms. The third kappa shape index (κ3) is 4.45. The van der Waals surface area contributed by atoms with Gasteiger partial charge in [0.1, 0.15) is 35.5 Å². The maximum Gasteiger partial charge on any atom is 0.190 e. The average Bonchev–Trinajstić information content (AvgIpc) is 2.66. The molecule has 0 aliphatic carbocycles. The SMILES string of the molecule is N#Cc1c(N)nc(SCc2ccccc2Cl)nc1COc1ccccc1. The molecule has 0 aliphatic heterocycles. The van der Waals surface area contributed by atoms with E-state index in [0.717, 1.165) is 5.56 Å². The fraction of sp³-hybridized carbons (Fsp3) is 0.105. The van der Waals surface area contributed by atoms with Gasteiger partial charge in [0.2, 0.25) is 0 Å². The zero-order chi connectivity index (χ0) is 18.4. The Bertz CT molecular complexity index is 944. The van der Waals surface area contributed by atoms with Crippen LogP contribution in [0.25, 0.3) is 0 Å². The van der Waals surface area contributed by atoms with E-state index in [1.165, 1.54) is 11.8 Å². The molecule has 0 fully saturated rings. The fourth-order valence-electron chi connectivity index (χ4n) is 2.22. The Morgan fingerprint density at radius 3 is 2.54 bits per heavy atom. The van der Waals surface area contributed by atoms with E-state index in [0.29, 0.717) is 27.4 Å². The van der Waals surface area contributed by atoms with E-state index in [4.69, 9.17) is 22.1 Å². The van der Waals surface area contributed by atoms with Crippen LogP contribution in [0.3, 0.4) is 0 Å². The van der Waals surface area contributed by atoms with Crippen molar-refractivity contribution in [2.45, 2.75) is 17.5 Å². The molecule has 3 rings (SSSR count). The molecule has 130 valence electrons. The smallest absolute Gasteiger partial charge is 0.190 e. The molecule has 0 amide bonds. The van der Waals surface area contributed by atoms with E-state index >= 15 is 0 Å². The predicted molar refractivity (Wildman–Crippen MR) is 103 cm³/mol. The molecule has 1 aromatic heterocycles. The van der Waals surface area contributed by atoms with Gasteiger partial charge in [0, 0.05) is 10.8 Å². The van der Waals surface area contributed by atoms with Gasteiger partial charge < -0.3 is 10.5 Å². The number of nitrogens with two attached hydrogens (primary N) is 1. The number of para-hydroxylation sites is 1. The molecule has 2 aromatic carbocycles. The lowest BCUT2D eigenvalue weighted by molar-refractivity contribution is 0.299. The topological polar surface area (TPSA) is 84.8 Å². The summed E-state index contributed by atoms with van der Waals surface area (Å²) >= 11 is 7.58. The molecular formula is C19H15ClN4OS. The number of benzene rings is 2. The monoisotopic (exact) mass is 382 g/mol. The van der Waals surface area contributed by atoms with Crippen LogP contribution in [0.5, 0.6) is 5.75 Å². The first kappa shape index (κ1) is 18.1. The third-order valence-electron chi connectivity index (χ3n) is 3.54. The van der Waals surface area contributed by atoms with E-state index in [-0.39, 0.29) is 18.0 Å². The van der Waals surface area contributed by atoms with Crippen LogP contribution in [0.1, 0.15) is 16.8 Å². The van der Waals surface area contributed by atoms with E-state index < -0.39 is 0 Å². The first-order valence-electron chi connectivity index (χ1n) is 7.78. The molecule has 0 spiro atoms. The lowest BCUT2D eigenvalue weighted by Crippen LogP contribution is -2.08. The zero-order valence-corrected chi connectivity index (χ0v) is 15.3.